The Bertz CT molecular complexity index is 814. The zero-order valence-electron chi connectivity index (χ0n) is 16.7. The van der Waals surface area contributed by atoms with Gasteiger partial charge in [0.05, 0.1) is 0 Å². The fourth-order valence-corrected chi connectivity index (χ4v) is 4.27. The van der Waals surface area contributed by atoms with E-state index in [9.17, 15) is 4.79 Å². The molecular weight excluding hydrogens is 392 g/mol. The molecule has 1 aliphatic rings. The maximum absolute atomic E-state index is 12.7. The van der Waals surface area contributed by atoms with Crippen LogP contribution in [0.5, 0.6) is 0 Å². The largest absolute Gasteiger partial charge is 0.340 e. The third-order valence-corrected chi connectivity index (χ3v) is 5.97. The van der Waals surface area contributed by atoms with E-state index >= 15 is 0 Å². The van der Waals surface area contributed by atoms with Gasteiger partial charge >= 0.3 is 0 Å². The lowest BCUT2D eigenvalue weighted by Crippen LogP contribution is -2.48. The van der Waals surface area contributed by atoms with Crippen molar-refractivity contribution in [2.45, 2.75) is 38.4 Å². The van der Waals surface area contributed by atoms with Gasteiger partial charge in [0.1, 0.15) is 0 Å². The first kappa shape index (κ1) is 21.1. The van der Waals surface area contributed by atoms with Crippen LogP contribution in [0, 0.1) is 13.8 Å². The molecule has 2 aromatic rings. The summed E-state index contributed by atoms with van der Waals surface area (Å²) in [5.41, 5.74) is 4.28. The van der Waals surface area contributed by atoms with E-state index in [2.05, 4.69) is 20.9 Å². The monoisotopic (exact) mass is 418 g/mol. The van der Waals surface area contributed by atoms with Crippen LogP contribution in [0.3, 0.4) is 0 Å². The number of thioether (sulfide) groups is 1. The predicted octanol–water partition coefficient (Wildman–Crippen LogP) is 3.75. The van der Waals surface area contributed by atoms with Gasteiger partial charge in [0.25, 0.3) is 0 Å². The van der Waals surface area contributed by atoms with Gasteiger partial charge in [0.15, 0.2) is 5.16 Å². The van der Waals surface area contributed by atoms with E-state index in [1.165, 1.54) is 5.56 Å². The first-order valence-electron chi connectivity index (χ1n) is 9.59. The van der Waals surface area contributed by atoms with Crippen LogP contribution in [0.15, 0.2) is 29.4 Å². The molecule has 5 nitrogen and oxygen atoms in total. The Morgan fingerprint density at radius 1 is 1.14 bits per heavy atom. The Balaban J connectivity index is 1.49. The highest BCUT2D eigenvalue weighted by molar-refractivity contribution is 7.98. The second-order valence-electron chi connectivity index (χ2n) is 7.15. The maximum Gasteiger partial charge on any atom is 0.222 e. The zero-order valence-corrected chi connectivity index (χ0v) is 18.3. The first-order valence-corrected chi connectivity index (χ1v) is 11.2. The number of carbonyl (C=O) groups is 1. The summed E-state index contributed by atoms with van der Waals surface area (Å²) in [6, 6.07) is 7.98. The fraction of sp³-hybridized carbons (Fsp3) is 0.476. The van der Waals surface area contributed by atoms with E-state index in [0.717, 1.165) is 59.9 Å². The van der Waals surface area contributed by atoms with Crippen LogP contribution >= 0.6 is 23.4 Å². The van der Waals surface area contributed by atoms with Gasteiger partial charge in [-0.05, 0) is 49.8 Å². The number of aryl methyl sites for hydroxylation is 2. The minimum absolute atomic E-state index is 0.218. The third kappa shape index (κ3) is 5.46. The van der Waals surface area contributed by atoms with Gasteiger partial charge in [-0.1, -0.05) is 35.5 Å². The number of amides is 1. The van der Waals surface area contributed by atoms with Crippen LogP contribution in [-0.4, -0.2) is 58.1 Å². The number of piperazine rings is 1. The van der Waals surface area contributed by atoms with Gasteiger partial charge in [0, 0.05) is 55.6 Å². The molecule has 1 aromatic heterocycles. The average molecular weight is 419 g/mol. The molecule has 0 unspecified atom stereocenters. The molecule has 1 fully saturated rings. The molecule has 0 saturated carbocycles. The van der Waals surface area contributed by atoms with Crippen molar-refractivity contribution in [2.75, 3.05) is 32.4 Å². The van der Waals surface area contributed by atoms with Gasteiger partial charge in [-0.2, -0.15) is 0 Å². The molecule has 0 N–H and O–H groups in total. The standard InChI is InChI=1S/C21H27ClN4OS/c1-15-19(16(2)24-21(23-15)28-3)7-8-20(27)26-11-9-25(10-12-26)14-17-5-4-6-18(22)13-17/h4-6,13H,7-12,14H2,1-3H3. The molecule has 1 aromatic carbocycles. The van der Waals surface area contributed by atoms with Gasteiger partial charge in [-0.15, -0.1) is 0 Å². The fourth-order valence-electron chi connectivity index (χ4n) is 3.60. The maximum atomic E-state index is 12.7. The van der Waals surface area contributed by atoms with E-state index < -0.39 is 0 Å². The third-order valence-electron chi connectivity index (χ3n) is 5.19. The number of halogens is 1. The van der Waals surface area contributed by atoms with Crippen molar-refractivity contribution < 1.29 is 4.79 Å². The summed E-state index contributed by atoms with van der Waals surface area (Å²) in [6.45, 7) is 8.22. The average Bonchev–Trinajstić information content (AvgIpc) is 2.67. The van der Waals surface area contributed by atoms with Gasteiger partial charge in [-0.3, -0.25) is 9.69 Å². The Hall–Kier alpha value is -1.63. The Morgan fingerprint density at radius 3 is 2.43 bits per heavy atom. The molecule has 1 aliphatic heterocycles. The summed E-state index contributed by atoms with van der Waals surface area (Å²) >= 11 is 7.62. The molecule has 0 bridgehead atoms. The lowest BCUT2D eigenvalue weighted by molar-refractivity contribution is -0.133. The van der Waals surface area contributed by atoms with Crippen molar-refractivity contribution in [2.24, 2.45) is 0 Å². The number of carbonyl (C=O) groups excluding carboxylic acids is 1. The minimum atomic E-state index is 0.218. The smallest absolute Gasteiger partial charge is 0.222 e. The number of rotatable bonds is 6. The molecule has 0 atom stereocenters. The molecule has 1 saturated heterocycles. The number of aromatic nitrogens is 2. The lowest BCUT2D eigenvalue weighted by Gasteiger charge is -2.35. The van der Waals surface area contributed by atoms with Crippen LogP contribution < -0.4 is 0 Å². The Labute approximate surface area is 176 Å². The first-order chi connectivity index (χ1) is 13.5. The SMILES string of the molecule is CSc1nc(C)c(CCC(=O)N2CCN(Cc3cccc(Cl)c3)CC2)c(C)n1. The van der Waals surface area contributed by atoms with Crippen molar-refractivity contribution in [3.8, 4) is 0 Å². The summed E-state index contributed by atoms with van der Waals surface area (Å²) < 4.78 is 0. The number of hydrogen-bond acceptors (Lipinski definition) is 5. The summed E-state index contributed by atoms with van der Waals surface area (Å²) in [4.78, 5) is 26.0. The summed E-state index contributed by atoms with van der Waals surface area (Å²) in [7, 11) is 0. The van der Waals surface area contributed by atoms with Gasteiger partial charge in [0.2, 0.25) is 5.91 Å². The summed E-state index contributed by atoms with van der Waals surface area (Å²) in [5.74, 6) is 0.218. The Kier molecular flexibility index (Phi) is 7.32. The zero-order chi connectivity index (χ0) is 20.1. The van der Waals surface area contributed by atoms with Crippen molar-refractivity contribution in [3.63, 3.8) is 0 Å². The molecule has 0 aliphatic carbocycles. The highest BCUT2D eigenvalue weighted by Gasteiger charge is 2.21. The Morgan fingerprint density at radius 2 is 1.82 bits per heavy atom. The van der Waals surface area contributed by atoms with E-state index in [1.54, 1.807) is 11.8 Å². The second-order valence-corrected chi connectivity index (χ2v) is 8.36. The van der Waals surface area contributed by atoms with Crippen molar-refractivity contribution in [1.82, 2.24) is 19.8 Å². The molecule has 3 rings (SSSR count). The van der Waals surface area contributed by atoms with Crippen LogP contribution in [0.1, 0.15) is 28.9 Å². The van der Waals surface area contributed by atoms with Gasteiger partial charge < -0.3 is 4.90 Å². The highest BCUT2D eigenvalue weighted by Crippen LogP contribution is 2.18. The molecule has 0 spiro atoms. The molecule has 0 radical (unpaired) electrons. The van der Waals surface area contributed by atoms with Crippen LogP contribution in [0.25, 0.3) is 0 Å². The quantitative estimate of drug-likeness (QED) is 0.528. The van der Waals surface area contributed by atoms with Crippen molar-refractivity contribution in [1.29, 1.82) is 0 Å². The molecule has 1 amide bonds. The molecule has 7 heteroatoms. The normalized spacial score (nSPS) is 15.1. The number of hydrogen-bond donors (Lipinski definition) is 0. The van der Waals surface area contributed by atoms with Crippen molar-refractivity contribution in [3.05, 3.63) is 51.8 Å². The number of nitrogens with zero attached hydrogens (tertiary/aromatic N) is 4. The molecule has 2 heterocycles. The molecular formula is C21H27ClN4OS. The van der Waals surface area contributed by atoms with Gasteiger partial charge in [-0.25, -0.2) is 9.97 Å². The minimum Gasteiger partial charge on any atom is -0.340 e. The summed E-state index contributed by atoms with van der Waals surface area (Å²) in [6.07, 6.45) is 3.19. The van der Waals surface area contributed by atoms with E-state index in [-0.39, 0.29) is 5.91 Å². The highest BCUT2D eigenvalue weighted by atomic mass is 35.5. The molecule has 28 heavy (non-hydrogen) atoms. The number of benzene rings is 1. The topological polar surface area (TPSA) is 49.3 Å². The predicted molar refractivity (Wildman–Crippen MR) is 115 cm³/mol. The van der Waals surface area contributed by atoms with Crippen LogP contribution in [0.4, 0.5) is 0 Å². The van der Waals surface area contributed by atoms with E-state index in [1.807, 2.05) is 43.2 Å². The summed E-state index contributed by atoms with van der Waals surface area (Å²) in [5, 5.41) is 1.56. The second kappa shape index (κ2) is 9.72. The van der Waals surface area contributed by atoms with Crippen LogP contribution in [0.2, 0.25) is 5.02 Å². The van der Waals surface area contributed by atoms with E-state index in [4.69, 9.17) is 11.6 Å². The van der Waals surface area contributed by atoms with Crippen LogP contribution in [-0.2, 0) is 17.8 Å². The van der Waals surface area contributed by atoms with E-state index in [0.29, 0.717) is 12.8 Å². The molecule has 150 valence electrons. The lowest BCUT2D eigenvalue weighted by atomic mass is 10.1. The van der Waals surface area contributed by atoms with Crippen molar-refractivity contribution >= 4 is 29.3 Å².